The van der Waals surface area contributed by atoms with E-state index in [1.807, 2.05) is 18.2 Å². The summed E-state index contributed by atoms with van der Waals surface area (Å²) in [5, 5.41) is 2.55. The number of alkyl halides is 3. The molecule has 5 nitrogen and oxygen atoms in total. The van der Waals surface area contributed by atoms with Gasteiger partial charge in [-0.1, -0.05) is 50.2 Å². The predicted molar refractivity (Wildman–Crippen MR) is 100 cm³/mol. The first-order chi connectivity index (χ1) is 13.6. The van der Waals surface area contributed by atoms with Gasteiger partial charge in [0.05, 0.1) is 0 Å². The third-order valence-electron chi connectivity index (χ3n) is 4.12. The van der Waals surface area contributed by atoms with E-state index in [0.29, 0.717) is 5.56 Å². The molecule has 0 heterocycles. The Morgan fingerprint density at radius 2 is 1.72 bits per heavy atom. The molecule has 0 aliphatic rings. The smallest absolute Gasteiger partial charge is 0.459 e. The number of amides is 1. The molecule has 0 aliphatic heterocycles. The van der Waals surface area contributed by atoms with Gasteiger partial charge in [0.1, 0.15) is 18.4 Å². The van der Waals surface area contributed by atoms with E-state index in [0.717, 1.165) is 17.7 Å². The van der Waals surface area contributed by atoms with E-state index in [1.165, 1.54) is 6.07 Å². The van der Waals surface area contributed by atoms with Gasteiger partial charge in [0, 0.05) is 5.56 Å². The fraction of sp³-hybridized carbons (Fsp3) is 0.333. The van der Waals surface area contributed by atoms with Crippen LogP contribution >= 0.6 is 0 Å². The standard InChI is InChI=1S/C21H22F3NO4/c1-13(2)18(20(27)28-12-15-7-5-4-6-8-15)25-19(26)17-11-16(10-9-14(17)3)29-21(22,23)24/h4-11,13,18H,12H2,1-3H3,(H,25,26)/t18-/m1/s1. The van der Waals surface area contributed by atoms with Crippen molar-refractivity contribution in [3.05, 3.63) is 65.2 Å². The van der Waals surface area contributed by atoms with Crippen LogP contribution in [0.5, 0.6) is 5.75 Å². The van der Waals surface area contributed by atoms with Crippen molar-refractivity contribution in [1.29, 1.82) is 0 Å². The highest BCUT2D eigenvalue weighted by Gasteiger charge is 2.32. The van der Waals surface area contributed by atoms with Crippen LogP contribution in [0.3, 0.4) is 0 Å². The Bertz CT molecular complexity index is 851. The van der Waals surface area contributed by atoms with Gasteiger partial charge in [-0.2, -0.15) is 0 Å². The zero-order valence-electron chi connectivity index (χ0n) is 16.2. The third kappa shape index (κ3) is 6.81. The van der Waals surface area contributed by atoms with Crippen LogP contribution in [0.25, 0.3) is 0 Å². The summed E-state index contributed by atoms with van der Waals surface area (Å²) < 4.78 is 46.5. The second-order valence-corrected chi connectivity index (χ2v) is 6.81. The van der Waals surface area contributed by atoms with Gasteiger partial charge in [-0.25, -0.2) is 4.79 Å². The minimum atomic E-state index is -4.87. The Labute approximate surface area is 166 Å². The van der Waals surface area contributed by atoms with Crippen LogP contribution in [-0.2, 0) is 16.1 Å². The van der Waals surface area contributed by atoms with E-state index in [2.05, 4.69) is 10.1 Å². The lowest BCUT2D eigenvalue weighted by atomic mass is 10.0. The summed E-state index contributed by atoms with van der Waals surface area (Å²) in [6, 6.07) is 11.5. The van der Waals surface area contributed by atoms with Gasteiger partial charge < -0.3 is 14.8 Å². The number of nitrogens with one attached hydrogen (secondary N) is 1. The minimum absolute atomic E-state index is 0.0201. The molecule has 2 aromatic rings. The van der Waals surface area contributed by atoms with Gasteiger partial charge in [0.2, 0.25) is 0 Å². The number of benzene rings is 2. The van der Waals surface area contributed by atoms with Gasteiger partial charge in [-0.15, -0.1) is 13.2 Å². The summed E-state index contributed by atoms with van der Waals surface area (Å²) in [7, 11) is 0. The lowest BCUT2D eigenvalue weighted by molar-refractivity contribution is -0.274. The first-order valence-electron chi connectivity index (χ1n) is 8.94. The molecule has 2 aromatic carbocycles. The lowest BCUT2D eigenvalue weighted by Gasteiger charge is -2.21. The van der Waals surface area contributed by atoms with E-state index in [-0.39, 0.29) is 18.1 Å². The van der Waals surface area contributed by atoms with E-state index < -0.39 is 30.0 Å². The van der Waals surface area contributed by atoms with Crippen LogP contribution in [0, 0.1) is 12.8 Å². The number of carbonyl (C=O) groups excluding carboxylic acids is 2. The number of ether oxygens (including phenoxy) is 2. The molecule has 1 atom stereocenters. The number of halogens is 3. The Morgan fingerprint density at radius 1 is 1.07 bits per heavy atom. The van der Waals surface area contributed by atoms with Crippen LogP contribution in [0.2, 0.25) is 0 Å². The number of carbonyl (C=O) groups is 2. The largest absolute Gasteiger partial charge is 0.573 e. The second kappa shape index (κ2) is 9.45. The Hall–Kier alpha value is -3.03. The SMILES string of the molecule is Cc1ccc(OC(F)(F)F)cc1C(=O)N[C@@H](C(=O)OCc1ccccc1)C(C)C. The highest BCUT2D eigenvalue weighted by molar-refractivity contribution is 5.98. The number of hydrogen-bond donors (Lipinski definition) is 1. The molecule has 0 bridgehead atoms. The molecule has 0 saturated carbocycles. The maximum atomic E-state index is 12.6. The van der Waals surface area contributed by atoms with Crippen LogP contribution in [-0.4, -0.2) is 24.3 Å². The summed E-state index contributed by atoms with van der Waals surface area (Å²) in [6.07, 6.45) is -4.87. The van der Waals surface area contributed by atoms with Crippen molar-refractivity contribution in [3.63, 3.8) is 0 Å². The van der Waals surface area contributed by atoms with Crippen molar-refractivity contribution < 1.29 is 32.2 Å². The zero-order valence-corrected chi connectivity index (χ0v) is 16.2. The number of rotatable bonds is 7. The molecule has 0 aliphatic carbocycles. The number of esters is 1. The molecule has 0 unspecified atom stereocenters. The van der Waals surface area contributed by atoms with Crippen molar-refractivity contribution in [2.24, 2.45) is 5.92 Å². The van der Waals surface area contributed by atoms with Crippen LogP contribution in [0.4, 0.5) is 13.2 Å². The summed E-state index contributed by atoms with van der Waals surface area (Å²) in [6.45, 7) is 5.08. The summed E-state index contributed by atoms with van der Waals surface area (Å²) >= 11 is 0. The topological polar surface area (TPSA) is 64.6 Å². The maximum Gasteiger partial charge on any atom is 0.573 e. The van der Waals surface area contributed by atoms with E-state index >= 15 is 0 Å². The summed E-state index contributed by atoms with van der Waals surface area (Å²) in [5.74, 6) is -2.12. The molecule has 0 aromatic heterocycles. The van der Waals surface area contributed by atoms with Crippen molar-refractivity contribution in [2.75, 3.05) is 0 Å². The van der Waals surface area contributed by atoms with Crippen molar-refractivity contribution in [3.8, 4) is 5.75 Å². The maximum absolute atomic E-state index is 12.6. The highest BCUT2D eigenvalue weighted by Crippen LogP contribution is 2.25. The summed E-state index contributed by atoms with van der Waals surface area (Å²) in [4.78, 5) is 25.1. The Morgan fingerprint density at radius 3 is 2.31 bits per heavy atom. The second-order valence-electron chi connectivity index (χ2n) is 6.81. The molecule has 0 spiro atoms. The molecule has 0 radical (unpaired) electrons. The number of aryl methyl sites for hydroxylation is 1. The molecule has 8 heteroatoms. The minimum Gasteiger partial charge on any atom is -0.459 e. The molecule has 0 saturated heterocycles. The molecular weight excluding hydrogens is 387 g/mol. The molecule has 2 rings (SSSR count). The average molecular weight is 409 g/mol. The first kappa shape index (κ1) is 22.3. The predicted octanol–water partition coefficient (Wildman–Crippen LogP) is 4.39. The van der Waals surface area contributed by atoms with Crippen LogP contribution in [0.15, 0.2) is 48.5 Å². The van der Waals surface area contributed by atoms with Gasteiger partial charge in [-0.05, 0) is 36.1 Å². The fourth-order valence-electron chi connectivity index (χ4n) is 2.58. The Balaban J connectivity index is 2.10. The normalized spacial score (nSPS) is 12.4. The van der Waals surface area contributed by atoms with Gasteiger partial charge in [-0.3, -0.25) is 4.79 Å². The van der Waals surface area contributed by atoms with Crippen molar-refractivity contribution in [2.45, 2.75) is 39.8 Å². The molecule has 0 fully saturated rings. The highest BCUT2D eigenvalue weighted by atomic mass is 19.4. The van der Waals surface area contributed by atoms with Gasteiger partial charge in [0.15, 0.2) is 0 Å². The van der Waals surface area contributed by atoms with E-state index in [9.17, 15) is 22.8 Å². The molecule has 29 heavy (non-hydrogen) atoms. The average Bonchev–Trinajstić information content (AvgIpc) is 2.65. The zero-order chi connectivity index (χ0) is 21.6. The van der Waals surface area contributed by atoms with Crippen LogP contribution in [0.1, 0.15) is 35.3 Å². The third-order valence-corrected chi connectivity index (χ3v) is 4.12. The first-order valence-corrected chi connectivity index (χ1v) is 8.94. The fourth-order valence-corrected chi connectivity index (χ4v) is 2.58. The number of hydrogen-bond acceptors (Lipinski definition) is 4. The van der Waals surface area contributed by atoms with Crippen LogP contribution < -0.4 is 10.1 Å². The summed E-state index contributed by atoms with van der Waals surface area (Å²) in [5.41, 5.74) is 1.22. The molecular formula is C21H22F3NO4. The molecule has 1 amide bonds. The monoisotopic (exact) mass is 409 g/mol. The van der Waals surface area contributed by atoms with E-state index in [4.69, 9.17) is 4.74 Å². The van der Waals surface area contributed by atoms with Gasteiger partial charge >= 0.3 is 12.3 Å². The van der Waals surface area contributed by atoms with Gasteiger partial charge in [0.25, 0.3) is 5.91 Å². The lowest BCUT2D eigenvalue weighted by Crippen LogP contribution is -2.45. The molecule has 156 valence electrons. The quantitative estimate of drug-likeness (QED) is 0.689. The van der Waals surface area contributed by atoms with Crippen molar-refractivity contribution in [1.82, 2.24) is 5.32 Å². The Kier molecular flexibility index (Phi) is 7.25. The van der Waals surface area contributed by atoms with E-state index in [1.54, 1.807) is 32.9 Å². The van der Waals surface area contributed by atoms with Crippen molar-refractivity contribution >= 4 is 11.9 Å². The molecule has 1 N–H and O–H groups in total.